The van der Waals surface area contributed by atoms with Gasteiger partial charge in [-0.25, -0.2) is 4.68 Å². The molecular formula is C21H31Cl2N7O. The molecule has 2 aromatic rings. The van der Waals surface area contributed by atoms with Gasteiger partial charge in [-0.2, -0.15) is 0 Å². The van der Waals surface area contributed by atoms with E-state index in [1.165, 1.54) is 32.2 Å². The summed E-state index contributed by atoms with van der Waals surface area (Å²) in [6.45, 7) is 4.76. The maximum absolute atomic E-state index is 12.8. The van der Waals surface area contributed by atoms with Gasteiger partial charge in [-0.15, -0.1) is 29.9 Å². The summed E-state index contributed by atoms with van der Waals surface area (Å²) < 4.78 is 1.67. The molecule has 31 heavy (non-hydrogen) atoms. The van der Waals surface area contributed by atoms with Gasteiger partial charge in [-0.05, 0) is 78.9 Å². The van der Waals surface area contributed by atoms with Crippen molar-refractivity contribution in [1.82, 2.24) is 35.7 Å². The Morgan fingerprint density at radius 3 is 2.71 bits per heavy atom. The van der Waals surface area contributed by atoms with Crippen molar-refractivity contribution in [2.45, 2.75) is 44.3 Å². The number of tetrazole rings is 1. The van der Waals surface area contributed by atoms with Gasteiger partial charge in [0.05, 0.1) is 6.54 Å². The molecule has 0 aliphatic carbocycles. The van der Waals surface area contributed by atoms with Crippen LogP contribution in [0.5, 0.6) is 0 Å². The lowest BCUT2D eigenvalue weighted by atomic mass is 9.73. The second kappa shape index (κ2) is 10.7. The molecule has 3 saturated heterocycles. The molecule has 3 aliphatic rings. The Morgan fingerprint density at radius 2 is 1.94 bits per heavy atom. The molecule has 0 spiro atoms. The normalized spacial score (nSPS) is 27.4. The zero-order chi connectivity index (χ0) is 19.6. The fraction of sp³-hybridized carbons (Fsp3) is 0.619. The first-order chi connectivity index (χ1) is 14.3. The van der Waals surface area contributed by atoms with Crippen LogP contribution < -0.4 is 10.6 Å². The van der Waals surface area contributed by atoms with Crippen LogP contribution in [0.2, 0.25) is 0 Å². The Hall–Kier alpha value is -1.74. The summed E-state index contributed by atoms with van der Waals surface area (Å²) in [5, 5.41) is 18.0. The van der Waals surface area contributed by atoms with Gasteiger partial charge in [0.15, 0.2) is 0 Å². The van der Waals surface area contributed by atoms with E-state index in [2.05, 4.69) is 31.1 Å². The minimum absolute atomic E-state index is 0. The average molecular weight is 468 g/mol. The van der Waals surface area contributed by atoms with E-state index in [0.29, 0.717) is 30.1 Å². The van der Waals surface area contributed by atoms with Gasteiger partial charge in [0, 0.05) is 24.2 Å². The molecule has 0 unspecified atom stereocenters. The predicted molar refractivity (Wildman–Crippen MR) is 123 cm³/mol. The Bertz CT molecular complexity index is 833. The molecule has 3 aliphatic heterocycles. The van der Waals surface area contributed by atoms with Crippen LogP contribution in [0.15, 0.2) is 30.6 Å². The second-order valence-corrected chi connectivity index (χ2v) is 8.70. The number of amides is 1. The summed E-state index contributed by atoms with van der Waals surface area (Å²) >= 11 is 0. The maximum atomic E-state index is 12.8. The number of piperidine rings is 3. The van der Waals surface area contributed by atoms with Crippen LogP contribution in [0.4, 0.5) is 0 Å². The second-order valence-electron chi connectivity index (χ2n) is 8.70. The van der Waals surface area contributed by atoms with Gasteiger partial charge in [0.2, 0.25) is 0 Å². The molecule has 2 N–H and O–H groups in total. The summed E-state index contributed by atoms with van der Waals surface area (Å²) in [5.74, 6) is 1.44. The highest BCUT2D eigenvalue weighted by atomic mass is 35.5. The Labute approximate surface area is 195 Å². The van der Waals surface area contributed by atoms with E-state index in [1.54, 1.807) is 11.0 Å². The van der Waals surface area contributed by atoms with Crippen molar-refractivity contribution < 1.29 is 4.79 Å². The number of rotatable bonds is 5. The monoisotopic (exact) mass is 467 g/mol. The van der Waals surface area contributed by atoms with E-state index in [0.717, 1.165) is 31.1 Å². The Balaban J connectivity index is 0.00000136. The van der Waals surface area contributed by atoms with Crippen molar-refractivity contribution >= 4 is 30.7 Å². The first-order valence-corrected chi connectivity index (χ1v) is 10.8. The molecular weight excluding hydrogens is 437 g/mol. The van der Waals surface area contributed by atoms with Crippen molar-refractivity contribution in [2.24, 2.45) is 11.8 Å². The maximum Gasteiger partial charge on any atom is 0.251 e. The Kier molecular flexibility index (Phi) is 8.27. The molecule has 1 amide bonds. The molecule has 0 saturated carbocycles. The fourth-order valence-electron chi connectivity index (χ4n) is 5.55. The third-order valence-electron chi connectivity index (χ3n) is 6.95. The van der Waals surface area contributed by atoms with Crippen LogP contribution in [-0.4, -0.2) is 69.3 Å². The van der Waals surface area contributed by atoms with Gasteiger partial charge in [-0.3, -0.25) is 9.69 Å². The molecule has 170 valence electrons. The van der Waals surface area contributed by atoms with E-state index in [4.69, 9.17) is 0 Å². The van der Waals surface area contributed by atoms with Crippen molar-refractivity contribution in [3.8, 4) is 0 Å². The van der Waals surface area contributed by atoms with Crippen LogP contribution in [-0.2, 0) is 6.54 Å². The molecule has 4 heterocycles. The van der Waals surface area contributed by atoms with Crippen LogP contribution in [0, 0.1) is 11.8 Å². The molecule has 0 radical (unpaired) electrons. The van der Waals surface area contributed by atoms with Gasteiger partial charge < -0.3 is 10.6 Å². The van der Waals surface area contributed by atoms with Crippen molar-refractivity contribution in [1.29, 1.82) is 0 Å². The summed E-state index contributed by atoms with van der Waals surface area (Å²) in [5.41, 5.74) is 1.77. The molecule has 4 atom stereocenters. The lowest BCUT2D eigenvalue weighted by molar-refractivity contribution is -0.0371. The highest BCUT2D eigenvalue weighted by Crippen LogP contribution is 2.38. The summed E-state index contributed by atoms with van der Waals surface area (Å²) in [6.07, 6.45) is 6.84. The van der Waals surface area contributed by atoms with E-state index < -0.39 is 0 Å². The lowest BCUT2D eigenvalue weighted by Gasteiger charge is -2.55. The van der Waals surface area contributed by atoms with Crippen molar-refractivity contribution in [3.05, 3.63) is 41.7 Å². The number of nitrogens with zero attached hydrogens (tertiary/aromatic N) is 5. The number of hydrogen-bond acceptors (Lipinski definition) is 6. The highest BCUT2D eigenvalue weighted by Gasteiger charge is 2.45. The zero-order valence-corrected chi connectivity index (χ0v) is 19.2. The molecule has 1 aromatic heterocycles. The van der Waals surface area contributed by atoms with Crippen molar-refractivity contribution in [3.63, 3.8) is 0 Å². The highest BCUT2D eigenvalue weighted by molar-refractivity contribution is 5.94. The number of nitrogens with one attached hydrogen (secondary N) is 2. The molecule has 2 bridgehead atoms. The minimum Gasteiger partial charge on any atom is -0.350 e. The van der Waals surface area contributed by atoms with Gasteiger partial charge in [-0.1, -0.05) is 18.6 Å². The van der Waals surface area contributed by atoms with Crippen molar-refractivity contribution in [2.75, 3.05) is 26.2 Å². The first kappa shape index (κ1) is 23.9. The van der Waals surface area contributed by atoms with Crippen LogP contribution in [0.25, 0.3) is 0 Å². The largest absolute Gasteiger partial charge is 0.350 e. The summed E-state index contributed by atoms with van der Waals surface area (Å²) in [4.78, 5) is 15.5. The Morgan fingerprint density at radius 1 is 1.13 bits per heavy atom. The van der Waals surface area contributed by atoms with Crippen LogP contribution >= 0.6 is 24.8 Å². The number of aromatic nitrogens is 4. The molecule has 5 rings (SSSR count). The quantitative estimate of drug-likeness (QED) is 0.696. The SMILES string of the molecule is Cl.Cl.O=C(NC[C@H]1[C@@H]2CNC[C@@H](C2)[C@@H]2CCCCN21)c1ccc(Cn2cnnn2)cc1. The topological polar surface area (TPSA) is 88.0 Å². The third-order valence-corrected chi connectivity index (χ3v) is 6.95. The van der Waals surface area contributed by atoms with E-state index >= 15 is 0 Å². The zero-order valence-electron chi connectivity index (χ0n) is 17.5. The fourth-order valence-corrected chi connectivity index (χ4v) is 5.55. The van der Waals surface area contributed by atoms with E-state index in [1.807, 2.05) is 24.3 Å². The van der Waals surface area contributed by atoms with Gasteiger partial charge in [0.25, 0.3) is 5.91 Å². The standard InChI is InChI=1S/C21H29N7O.2ClH/c29-21(16-6-4-15(5-7-16)13-27-14-24-25-26-27)23-12-20-18-9-17(10-22-11-18)19-3-1-2-8-28(19)20;;/h4-7,14,17-20,22H,1-3,8-13H2,(H,23,29);2*1H/t17-,18+,19+,20+;;/m1../s1. The number of benzene rings is 1. The summed E-state index contributed by atoms with van der Waals surface area (Å²) in [6, 6.07) is 8.85. The number of hydrogen-bond donors (Lipinski definition) is 2. The predicted octanol–water partition coefficient (Wildman–Crippen LogP) is 1.76. The average Bonchev–Trinajstić information content (AvgIpc) is 3.27. The number of carbonyl (C=O) groups is 1. The third kappa shape index (κ3) is 5.19. The lowest BCUT2D eigenvalue weighted by Crippen LogP contribution is -2.65. The van der Waals surface area contributed by atoms with Crippen LogP contribution in [0.3, 0.4) is 0 Å². The van der Waals surface area contributed by atoms with E-state index in [9.17, 15) is 4.79 Å². The van der Waals surface area contributed by atoms with Crippen LogP contribution in [0.1, 0.15) is 41.6 Å². The van der Waals surface area contributed by atoms with Gasteiger partial charge in [0.1, 0.15) is 6.33 Å². The summed E-state index contributed by atoms with van der Waals surface area (Å²) in [7, 11) is 0. The number of fused-ring (bicyclic) bond motifs is 4. The number of carbonyl (C=O) groups excluding carboxylic acids is 1. The minimum atomic E-state index is 0. The van der Waals surface area contributed by atoms with E-state index in [-0.39, 0.29) is 30.7 Å². The molecule has 8 nitrogen and oxygen atoms in total. The smallest absolute Gasteiger partial charge is 0.251 e. The molecule has 1 aromatic carbocycles. The molecule has 10 heteroatoms. The number of halogens is 2. The molecule has 3 fully saturated rings. The first-order valence-electron chi connectivity index (χ1n) is 10.8. The van der Waals surface area contributed by atoms with Gasteiger partial charge >= 0.3 is 0 Å².